The molecule has 5 heteroatoms. The van der Waals surface area contributed by atoms with Gasteiger partial charge in [0.1, 0.15) is 0 Å². The summed E-state index contributed by atoms with van der Waals surface area (Å²) in [5.74, 6) is -0.275. The van der Waals surface area contributed by atoms with E-state index in [2.05, 4.69) is 15.5 Å². The zero-order valence-electron chi connectivity index (χ0n) is 9.38. The van der Waals surface area contributed by atoms with Crippen LogP contribution in [0.5, 0.6) is 0 Å². The Morgan fingerprint density at radius 3 is 2.50 bits per heavy atom. The van der Waals surface area contributed by atoms with Gasteiger partial charge in [-0.2, -0.15) is 5.10 Å². The fraction of sp³-hybridized carbons (Fsp3) is 0. The molecule has 90 valence electrons. The second-order valence-corrected chi connectivity index (χ2v) is 3.92. The lowest BCUT2D eigenvalue weighted by Gasteiger charge is -1.98. The van der Waals surface area contributed by atoms with E-state index in [1.165, 1.54) is 0 Å². The summed E-state index contributed by atoms with van der Waals surface area (Å²) in [4.78, 5) is 15.4. The molecule has 1 amide bonds. The number of aromatic nitrogens is 1. The fourth-order valence-corrected chi connectivity index (χ4v) is 1.41. The van der Waals surface area contributed by atoms with Crippen molar-refractivity contribution in [1.82, 2.24) is 10.4 Å². The van der Waals surface area contributed by atoms with Gasteiger partial charge in [-0.25, -0.2) is 5.43 Å². The second-order valence-electron chi connectivity index (χ2n) is 3.49. The van der Waals surface area contributed by atoms with Crippen LogP contribution >= 0.6 is 11.6 Å². The smallest absolute Gasteiger partial charge is 0.267 e. The highest BCUT2D eigenvalue weighted by atomic mass is 35.5. The van der Waals surface area contributed by atoms with Gasteiger partial charge in [0.15, 0.2) is 0 Å². The van der Waals surface area contributed by atoms with E-state index < -0.39 is 0 Å². The molecule has 4 nitrogen and oxygen atoms in total. The van der Waals surface area contributed by atoms with Crippen molar-refractivity contribution in [3.8, 4) is 0 Å². The predicted molar refractivity (Wildman–Crippen MR) is 70.7 cm³/mol. The average Bonchev–Trinajstić information content (AvgIpc) is 2.42. The number of halogens is 1. The van der Waals surface area contributed by atoms with Crippen LogP contribution in [-0.4, -0.2) is 17.1 Å². The van der Waals surface area contributed by atoms with Crippen molar-refractivity contribution < 1.29 is 4.79 Å². The molecule has 1 heterocycles. The van der Waals surface area contributed by atoms with Gasteiger partial charge in [0.2, 0.25) is 0 Å². The summed E-state index contributed by atoms with van der Waals surface area (Å²) in [6.07, 6.45) is 4.66. The minimum Gasteiger partial charge on any atom is -0.267 e. The second kappa shape index (κ2) is 5.93. The van der Waals surface area contributed by atoms with Crippen LogP contribution in [0.4, 0.5) is 0 Å². The molecular formula is C13H10ClN3O. The lowest BCUT2D eigenvalue weighted by molar-refractivity contribution is 0.0955. The van der Waals surface area contributed by atoms with Gasteiger partial charge in [-0.15, -0.1) is 0 Å². The standard InChI is InChI=1S/C13H10ClN3O/c14-12-3-1-10(2-4-12)9-16-17-13(18)11-5-7-15-8-6-11/h1-9H,(H,17,18)/b16-9+. The number of pyridine rings is 1. The van der Waals surface area contributed by atoms with E-state index in [0.29, 0.717) is 10.6 Å². The number of amides is 1. The Hall–Kier alpha value is -2.20. The van der Waals surface area contributed by atoms with E-state index in [-0.39, 0.29) is 5.91 Å². The molecule has 0 aliphatic carbocycles. The van der Waals surface area contributed by atoms with Gasteiger partial charge in [-0.05, 0) is 29.8 Å². The molecule has 0 saturated heterocycles. The fourth-order valence-electron chi connectivity index (χ4n) is 1.28. The van der Waals surface area contributed by atoms with Crippen molar-refractivity contribution in [1.29, 1.82) is 0 Å². The third-order valence-electron chi connectivity index (χ3n) is 2.19. The molecule has 0 fully saturated rings. The number of benzene rings is 1. The number of hydrazone groups is 1. The highest BCUT2D eigenvalue weighted by Crippen LogP contribution is 2.07. The Morgan fingerprint density at radius 2 is 1.83 bits per heavy atom. The zero-order chi connectivity index (χ0) is 12.8. The third kappa shape index (κ3) is 3.40. The summed E-state index contributed by atoms with van der Waals surface area (Å²) in [7, 11) is 0. The monoisotopic (exact) mass is 259 g/mol. The Bertz CT molecular complexity index is 552. The van der Waals surface area contributed by atoms with Gasteiger partial charge in [0.05, 0.1) is 6.21 Å². The van der Waals surface area contributed by atoms with Crippen molar-refractivity contribution in [2.24, 2.45) is 5.10 Å². The highest BCUT2D eigenvalue weighted by molar-refractivity contribution is 6.30. The van der Waals surface area contributed by atoms with Crippen molar-refractivity contribution in [3.05, 3.63) is 64.9 Å². The van der Waals surface area contributed by atoms with Crippen LogP contribution in [0.15, 0.2) is 53.9 Å². The van der Waals surface area contributed by atoms with Crippen LogP contribution in [0.1, 0.15) is 15.9 Å². The number of nitrogens with zero attached hydrogens (tertiary/aromatic N) is 2. The topological polar surface area (TPSA) is 54.4 Å². The Balaban J connectivity index is 1.96. The van der Waals surface area contributed by atoms with Crippen LogP contribution in [0.2, 0.25) is 5.02 Å². The van der Waals surface area contributed by atoms with Gasteiger partial charge >= 0.3 is 0 Å². The van der Waals surface area contributed by atoms with Gasteiger partial charge in [-0.3, -0.25) is 9.78 Å². The van der Waals surface area contributed by atoms with Crippen LogP contribution < -0.4 is 5.43 Å². The quantitative estimate of drug-likeness (QED) is 0.680. The molecule has 0 saturated carbocycles. The number of nitrogens with one attached hydrogen (secondary N) is 1. The summed E-state index contributed by atoms with van der Waals surface area (Å²) in [5, 5.41) is 4.52. The maximum Gasteiger partial charge on any atom is 0.271 e. The summed E-state index contributed by atoms with van der Waals surface area (Å²) in [5.41, 5.74) is 3.80. The molecule has 1 aromatic heterocycles. The number of carbonyl (C=O) groups is 1. The first kappa shape index (κ1) is 12.3. The van der Waals surface area contributed by atoms with Gasteiger partial charge in [0.25, 0.3) is 5.91 Å². The Morgan fingerprint density at radius 1 is 1.17 bits per heavy atom. The molecular weight excluding hydrogens is 250 g/mol. The summed E-state index contributed by atoms with van der Waals surface area (Å²) < 4.78 is 0. The number of rotatable bonds is 3. The van der Waals surface area contributed by atoms with E-state index in [4.69, 9.17) is 11.6 Å². The van der Waals surface area contributed by atoms with Crippen LogP contribution in [0, 0.1) is 0 Å². The lowest BCUT2D eigenvalue weighted by atomic mass is 10.2. The largest absolute Gasteiger partial charge is 0.271 e. The molecule has 0 atom stereocenters. The number of hydrogen-bond donors (Lipinski definition) is 1. The van der Waals surface area contributed by atoms with E-state index in [9.17, 15) is 4.79 Å². The first-order valence-electron chi connectivity index (χ1n) is 5.25. The molecule has 0 unspecified atom stereocenters. The molecule has 0 bridgehead atoms. The highest BCUT2D eigenvalue weighted by Gasteiger charge is 2.01. The minimum atomic E-state index is -0.275. The van der Waals surface area contributed by atoms with Crippen LogP contribution in [-0.2, 0) is 0 Å². The van der Waals surface area contributed by atoms with Gasteiger partial charge < -0.3 is 0 Å². The van der Waals surface area contributed by atoms with E-state index in [1.54, 1.807) is 42.9 Å². The van der Waals surface area contributed by atoms with Crippen molar-refractivity contribution in [2.45, 2.75) is 0 Å². The minimum absolute atomic E-state index is 0.275. The van der Waals surface area contributed by atoms with Crippen LogP contribution in [0.3, 0.4) is 0 Å². The first-order chi connectivity index (χ1) is 8.75. The summed E-state index contributed by atoms with van der Waals surface area (Å²) in [6.45, 7) is 0. The SMILES string of the molecule is O=C(N/N=C/c1ccc(Cl)cc1)c1ccncc1. The van der Waals surface area contributed by atoms with Crippen molar-refractivity contribution in [2.75, 3.05) is 0 Å². The zero-order valence-corrected chi connectivity index (χ0v) is 10.1. The summed E-state index contributed by atoms with van der Waals surface area (Å²) in [6, 6.07) is 10.4. The van der Waals surface area contributed by atoms with Gasteiger partial charge in [-0.1, -0.05) is 23.7 Å². The molecule has 0 aliphatic heterocycles. The van der Waals surface area contributed by atoms with E-state index in [1.807, 2.05) is 12.1 Å². The third-order valence-corrected chi connectivity index (χ3v) is 2.44. The Kier molecular flexibility index (Phi) is 4.04. The van der Waals surface area contributed by atoms with Crippen molar-refractivity contribution >= 4 is 23.7 Å². The van der Waals surface area contributed by atoms with Gasteiger partial charge in [0, 0.05) is 23.0 Å². The van der Waals surface area contributed by atoms with Crippen LogP contribution in [0.25, 0.3) is 0 Å². The molecule has 0 spiro atoms. The molecule has 1 N–H and O–H groups in total. The van der Waals surface area contributed by atoms with E-state index in [0.717, 1.165) is 5.56 Å². The number of carbonyl (C=O) groups excluding carboxylic acids is 1. The van der Waals surface area contributed by atoms with E-state index >= 15 is 0 Å². The average molecular weight is 260 g/mol. The number of hydrogen-bond acceptors (Lipinski definition) is 3. The predicted octanol–water partition coefficient (Wildman–Crippen LogP) is 2.50. The lowest BCUT2D eigenvalue weighted by Crippen LogP contribution is -2.17. The molecule has 2 rings (SSSR count). The first-order valence-corrected chi connectivity index (χ1v) is 5.62. The maximum atomic E-state index is 11.6. The molecule has 0 aliphatic rings. The molecule has 18 heavy (non-hydrogen) atoms. The normalized spacial score (nSPS) is 10.5. The molecule has 1 aromatic carbocycles. The molecule has 0 radical (unpaired) electrons. The summed E-state index contributed by atoms with van der Waals surface area (Å²) >= 11 is 5.76. The van der Waals surface area contributed by atoms with Crippen molar-refractivity contribution in [3.63, 3.8) is 0 Å². The Labute approximate surface area is 109 Å². The molecule has 2 aromatic rings. The maximum absolute atomic E-state index is 11.6.